The Labute approximate surface area is 171 Å². The molecule has 0 spiro atoms. The second-order valence-electron chi connectivity index (χ2n) is 6.16. The minimum absolute atomic E-state index is 0. The maximum Gasteiger partial charge on any atom is 0.308 e. The number of halogens is 1. The predicted molar refractivity (Wildman–Crippen MR) is 108 cm³/mol. The van der Waals surface area contributed by atoms with Crippen molar-refractivity contribution in [3.8, 4) is 11.5 Å². The van der Waals surface area contributed by atoms with Crippen LogP contribution in [0.3, 0.4) is 0 Å². The molecule has 27 heavy (non-hydrogen) atoms. The van der Waals surface area contributed by atoms with E-state index in [9.17, 15) is 9.59 Å². The Morgan fingerprint density at radius 2 is 1.78 bits per heavy atom. The number of esters is 2. The number of ether oxygens (including phenoxy) is 3. The summed E-state index contributed by atoms with van der Waals surface area (Å²) < 4.78 is 15.7. The molecule has 0 bridgehead atoms. The third kappa shape index (κ3) is 9.46. The number of morpholine rings is 1. The van der Waals surface area contributed by atoms with Gasteiger partial charge in [0.1, 0.15) is 11.5 Å². The minimum Gasteiger partial charge on any atom is -0.427 e. The standard InChI is InChI=1S/C19H27NO5S.ClH/c1-15(21)24-17-6-7-18(25-16(2)22)19(14-17)26-13-5-3-4-8-20-9-11-23-12-10-20;/h6-7,14H,3-5,8-13H2,1-2H3;1H. The van der Waals surface area contributed by atoms with Crippen molar-refractivity contribution in [3.05, 3.63) is 18.2 Å². The highest BCUT2D eigenvalue weighted by Crippen LogP contribution is 2.34. The number of nitrogens with zero attached hydrogens (tertiary/aromatic N) is 1. The summed E-state index contributed by atoms with van der Waals surface area (Å²) >= 11 is 1.61. The molecule has 6 nitrogen and oxygen atoms in total. The first-order valence-electron chi connectivity index (χ1n) is 8.98. The van der Waals surface area contributed by atoms with Gasteiger partial charge >= 0.3 is 11.9 Å². The van der Waals surface area contributed by atoms with Crippen LogP contribution in [0.5, 0.6) is 11.5 Å². The van der Waals surface area contributed by atoms with Gasteiger partial charge < -0.3 is 14.2 Å². The van der Waals surface area contributed by atoms with Gasteiger partial charge in [-0.05, 0) is 43.3 Å². The molecule has 1 aliphatic heterocycles. The van der Waals surface area contributed by atoms with Crippen molar-refractivity contribution in [1.82, 2.24) is 4.90 Å². The van der Waals surface area contributed by atoms with E-state index < -0.39 is 0 Å². The normalized spacial score (nSPS) is 14.3. The molecule has 1 aromatic rings. The second-order valence-corrected chi connectivity index (χ2v) is 7.30. The molecule has 1 aliphatic rings. The largest absolute Gasteiger partial charge is 0.427 e. The molecule has 1 heterocycles. The average molecular weight is 418 g/mol. The zero-order valence-electron chi connectivity index (χ0n) is 15.9. The van der Waals surface area contributed by atoms with Crippen LogP contribution in [0.25, 0.3) is 0 Å². The van der Waals surface area contributed by atoms with Gasteiger partial charge in [0.15, 0.2) is 0 Å². The van der Waals surface area contributed by atoms with Crippen LogP contribution in [0.1, 0.15) is 33.1 Å². The molecule has 0 N–H and O–H groups in total. The molecular formula is C19H28ClNO5S. The minimum atomic E-state index is -0.371. The Balaban J connectivity index is 0.00000364. The Kier molecular flexibility index (Phi) is 11.4. The maximum absolute atomic E-state index is 11.3. The van der Waals surface area contributed by atoms with E-state index in [-0.39, 0.29) is 24.3 Å². The average Bonchev–Trinajstić information content (AvgIpc) is 2.60. The summed E-state index contributed by atoms with van der Waals surface area (Å²) in [4.78, 5) is 25.6. The topological polar surface area (TPSA) is 65.1 Å². The zero-order valence-corrected chi connectivity index (χ0v) is 17.5. The van der Waals surface area contributed by atoms with E-state index in [1.54, 1.807) is 30.0 Å². The van der Waals surface area contributed by atoms with Crippen LogP contribution in [0, 0.1) is 0 Å². The lowest BCUT2D eigenvalue weighted by molar-refractivity contribution is -0.133. The summed E-state index contributed by atoms with van der Waals surface area (Å²) in [5.74, 6) is 1.15. The van der Waals surface area contributed by atoms with Gasteiger partial charge in [0.2, 0.25) is 0 Å². The van der Waals surface area contributed by atoms with Gasteiger partial charge in [0, 0.05) is 26.9 Å². The van der Waals surface area contributed by atoms with Gasteiger partial charge in [-0.15, -0.1) is 24.2 Å². The van der Waals surface area contributed by atoms with Crippen molar-refractivity contribution >= 4 is 36.1 Å². The number of unbranched alkanes of at least 4 members (excludes halogenated alkanes) is 2. The Hall–Kier alpha value is -1.28. The smallest absolute Gasteiger partial charge is 0.308 e. The summed E-state index contributed by atoms with van der Waals surface area (Å²) in [6, 6.07) is 5.05. The van der Waals surface area contributed by atoms with Crippen LogP contribution in [0.2, 0.25) is 0 Å². The SMILES string of the molecule is CC(=O)Oc1ccc(OC(C)=O)c(SCCCCCN2CCOCC2)c1.Cl. The molecule has 1 saturated heterocycles. The van der Waals surface area contributed by atoms with Crippen LogP contribution in [0.4, 0.5) is 0 Å². The molecule has 2 rings (SSSR count). The second kappa shape index (κ2) is 13.0. The highest BCUT2D eigenvalue weighted by Gasteiger charge is 2.11. The number of hydrogen-bond donors (Lipinski definition) is 0. The van der Waals surface area contributed by atoms with Crippen molar-refractivity contribution < 1.29 is 23.8 Å². The molecule has 0 radical (unpaired) electrons. The van der Waals surface area contributed by atoms with Gasteiger partial charge in [-0.2, -0.15) is 0 Å². The van der Waals surface area contributed by atoms with Gasteiger partial charge in [-0.1, -0.05) is 6.42 Å². The van der Waals surface area contributed by atoms with Crippen molar-refractivity contribution in [3.63, 3.8) is 0 Å². The Morgan fingerprint density at radius 1 is 1.07 bits per heavy atom. The van der Waals surface area contributed by atoms with Crippen molar-refractivity contribution in [2.24, 2.45) is 0 Å². The number of benzene rings is 1. The fraction of sp³-hybridized carbons (Fsp3) is 0.579. The fourth-order valence-electron chi connectivity index (χ4n) is 2.69. The van der Waals surface area contributed by atoms with Crippen LogP contribution >= 0.6 is 24.2 Å². The molecule has 0 unspecified atom stereocenters. The van der Waals surface area contributed by atoms with Gasteiger partial charge in [0.05, 0.1) is 18.1 Å². The summed E-state index contributed by atoms with van der Waals surface area (Å²) in [6.07, 6.45) is 3.40. The molecule has 8 heteroatoms. The monoisotopic (exact) mass is 417 g/mol. The first kappa shape index (κ1) is 23.8. The van der Waals surface area contributed by atoms with Crippen molar-refractivity contribution in [2.45, 2.75) is 38.0 Å². The third-order valence-corrected chi connectivity index (χ3v) is 5.03. The molecule has 1 fully saturated rings. The number of carbonyl (C=O) groups is 2. The molecule has 152 valence electrons. The van der Waals surface area contributed by atoms with Gasteiger partial charge in [-0.3, -0.25) is 14.5 Å². The summed E-state index contributed by atoms with van der Waals surface area (Å²) in [5, 5.41) is 0. The molecular weight excluding hydrogens is 390 g/mol. The van der Waals surface area contributed by atoms with E-state index in [4.69, 9.17) is 14.2 Å². The van der Waals surface area contributed by atoms with Crippen molar-refractivity contribution in [1.29, 1.82) is 0 Å². The van der Waals surface area contributed by atoms with Crippen LogP contribution < -0.4 is 9.47 Å². The van der Waals surface area contributed by atoms with Crippen LogP contribution in [0.15, 0.2) is 23.1 Å². The quantitative estimate of drug-likeness (QED) is 0.263. The third-order valence-electron chi connectivity index (χ3n) is 3.91. The highest BCUT2D eigenvalue weighted by molar-refractivity contribution is 7.99. The van der Waals surface area contributed by atoms with Gasteiger partial charge in [0.25, 0.3) is 0 Å². The number of carbonyl (C=O) groups excluding carboxylic acids is 2. The Bertz CT molecular complexity index is 608. The van der Waals surface area contributed by atoms with E-state index in [2.05, 4.69) is 4.90 Å². The lowest BCUT2D eigenvalue weighted by Gasteiger charge is -2.26. The van der Waals surface area contributed by atoms with Gasteiger partial charge in [-0.25, -0.2) is 0 Å². The van der Waals surface area contributed by atoms with E-state index in [1.807, 2.05) is 0 Å². The highest BCUT2D eigenvalue weighted by atomic mass is 35.5. The maximum atomic E-state index is 11.3. The first-order chi connectivity index (χ1) is 12.5. The van der Waals surface area contributed by atoms with E-state index >= 15 is 0 Å². The zero-order chi connectivity index (χ0) is 18.8. The van der Waals surface area contributed by atoms with E-state index in [0.29, 0.717) is 11.5 Å². The van der Waals surface area contributed by atoms with Crippen LogP contribution in [-0.4, -0.2) is 55.4 Å². The molecule has 1 aromatic carbocycles. The molecule has 0 aliphatic carbocycles. The lowest BCUT2D eigenvalue weighted by Crippen LogP contribution is -2.36. The summed E-state index contributed by atoms with van der Waals surface area (Å²) in [7, 11) is 0. The number of rotatable bonds is 9. The predicted octanol–water partition coefficient (Wildman–Crippen LogP) is 3.55. The molecule has 0 saturated carbocycles. The lowest BCUT2D eigenvalue weighted by atomic mass is 10.2. The molecule has 0 atom stereocenters. The fourth-order valence-corrected chi connectivity index (χ4v) is 3.71. The number of thioether (sulfide) groups is 1. The summed E-state index contributed by atoms with van der Waals surface area (Å²) in [6.45, 7) is 7.60. The van der Waals surface area contributed by atoms with E-state index in [0.717, 1.165) is 56.3 Å². The van der Waals surface area contributed by atoms with Crippen molar-refractivity contribution in [2.75, 3.05) is 38.6 Å². The summed E-state index contributed by atoms with van der Waals surface area (Å²) in [5.41, 5.74) is 0. The first-order valence-corrected chi connectivity index (χ1v) is 9.97. The molecule has 0 amide bonds. The van der Waals surface area contributed by atoms with Crippen LogP contribution in [-0.2, 0) is 14.3 Å². The molecule has 0 aromatic heterocycles. The number of hydrogen-bond acceptors (Lipinski definition) is 7. The van der Waals surface area contributed by atoms with E-state index in [1.165, 1.54) is 20.3 Å². The Morgan fingerprint density at radius 3 is 2.44 bits per heavy atom.